The van der Waals surface area contributed by atoms with Crippen LogP contribution in [0, 0.1) is 11.3 Å². The summed E-state index contributed by atoms with van der Waals surface area (Å²) in [5, 5.41) is 0. The fourth-order valence-corrected chi connectivity index (χ4v) is 7.90. The maximum absolute atomic E-state index is 14.3. The van der Waals surface area contributed by atoms with E-state index in [1.54, 1.807) is 0 Å². The highest BCUT2D eigenvalue weighted by Crippen LogP contribution is 2.56. The molecule has 0 aromatic carbocycles. The predicted octanol–water partition coefficient (Wildman–Crippen LogP) is 2.95. The zero-order chi connectivity index (χ0) is 27.9. The minimum atomic E-state index is -0.888. The average Bonchev–Trinajstić information content (AvgIpc) is 3.61. The molecule has 40 heavy (non-hydrogen) atoms. The van der Waals surface area contributed by atoms with Gasteiger partial charge in [-0.05, 0) is 66.1 Å². The number of piperazine rings is 1. The number of likely N-dealkylation sites (tertiary alicyclic amines) is 1. The van der Waals surface area contributed by atoms with E-state index in [0.29, 0.717) is 56.6 Å². The van der Waals surface area contributed by atoms with E-state index in [2.05, 4.69) is 40.7 Å². The molecular weight excluding hydrogens is 510 g/mol. The smallest absolute Gasteiger partial charge is 0.219 e. The van der Waals surface area contributed by atoms with Gasteiger partial charge in [0.1, 0.15) is 11.9 Å². The first kappa shape index (κ1) is 28.0. The van der Waals surface area contributed by atoms with Crippen LogP contribution in [0.15, 0.2) is 6.07 Å². The van der Waals surface area contributed by atoms with Gasteiger partial charge in [0.25, 0.3) is 0 Å². The number of carbonyl (C=O) groups excluding carboxylic acids is 2. The Labute approximate surface area is 237 Å². The molecule has 6 rings (SSSR count). The number of likely N-dealkylation sites (N-methyl/N-ethyl adjacent to an activating group) is 2. The van der Waals surface area contributed by atoms with Crippen molar-refractivity contribution in [1.29, 1.82) is 0 Å². The second-order valence-corrected chi connectivity index (χ2v) is 12.6. The SMILES string of the molecule is C[C@H](Oc1cc(N2CCN(C)CC2)nc(C(=O)C2CCC[C@@]3(CCCCC34OCCO4)C2=O)n1)[C@@H]1CCCN1C. The van der Waals surface area contributed by atoms with E-state index in [1.807, 2.05) is 6.07 Å². The molecule has 2 aliphatic carbocycles. The van der Waals surface area contributed by atoms with Gasteiger partial charge in [-0.15, -0.1) is 0 Å². The lowest BCUT2D eigenvalue weighted by Crippen LogP contribution is -2.60. The van der Waals surface area contributed by atoms with Crippen LogP contribution in [0.5, 0.6) is 5.88 Å². The number of Topliss-reactive ketones (excluding diaryl/α,β-unsaturated/α-hetero) is 2. The van der Waals surface area contributed by atoms with Gasteiger partial charge in [-0.1, -0.05) is 12.8 Å². The van der Waals surface area contributed by atoms with Crippen molar-refractivity contribution in [3.63, 3.8) is 0 Å². The van der Waals surface area contributed by atoms with E-state index in [9.17, 15) is 9.59 Å². The number of hydrogen-bond donors (Lipinski definition) is 0. The first-order chi connectivity index (χ1) is 19.3. The molecule has 10 heteroatoms. The molecule has 10 nitrogen and oxygen atoms in total. The zero-order valence-electron chi connectivity index (χ0n) is 24.4. The number of carbonyl (C=O) groups is 2. The molecule has 0 radical (unpaired) electrons. The third-order valence-corrected chi connectivity index (χ3v) is 10.2. The fourth-order valence-electron chi connectivity index (χ4n) is 7.90. The molecule has 0 N–H and O–H groups in total. The summed E-state index contributed by atoms with van der Waals surface area (Å²) in [5.74, 6) is -0.812. The Morgan fingerprint density at radius 1 is 0.975 bits per heavy atom. The van der Waals surface area contributed by atoms with Crippen molar-refractivity contribution in [2.24, 2.45) is 11.3 Å². The molecule has 4 heterocycles. The summed E-state index contributed by atoms with van der Waals surface area (Å²) in [5.41, 5.74) is -0.768. The standard InChI is InChI=1S/C30H45N5O5/c1-21(23-9-7-13-34(23)3)40-25-20-24(35-16-14-33(2)15-17-35)31-28(32-25)26(36)22-8-6-11-29(27(22)37)10-4-5-12-30(29)38-18-19-39-30/h20-23H,4-19H2,1-3H3/t21-,22?,23-,29-/m0/s1. The molecule has 220 valence electrons. The van der Waals surface area contributed by atoms with Gasteiger partial charge in [0.05, 0.1) is 24.5 Å². The Kier molecular flexibility index (Phi) is 7.89. The molecule has 3 aliphatic heterocycles. The quantitative estimate of drug-likeness (QED) is 0.385. The van der Waals surface area contributed by atoms with Crippen LogP contribution in [0.1, 0.15) is 75.3 Å². The third kappa shape index (κ3) is 4.95. The van der Waals surface area contributed by atoms with Gasteiger partial charge in [-0.3, -0.25) is 14.5 Å². The van der Waals surface area contributed by atoms with Crippen molar-refractivity contribution in [3.8, 4) is 5.88 Å². The molecule has 2 saturated carbocycles. The summed E-state index contributed by atoms with van der Waals surface area (Å²) >= 11 is 0. The summed E-state index contributed by atoms with van der Waals surface area (Å²) in [6.45, 7) is 7.58. The molecule has 4 atom stereocenters. The van der Waals surface area contributed by atoms with Gasteiger partial charge < -0.3 is 24.0 Å². The van der Waals surface area contributed by atoms with Crippen molar-refractivity contribution in [1.82, 2.24) is 19.8 Å². The first-order valence-corrected chi connectivity index (χ1v) is 15.4. The normalized spacial score (nSPS) is 32.2. The predicted molar refractivity (Wildman–Crippen MR) is 150 cm³/mol. The summed E-state index contributed by atoms with van der Waals surface area (Å²) in [6.07, 6.45) is 7.47. The lowest BCUT2D eigenvalue weighted by Gasteiger charge is -2.51. The second kappa shape index (κ2) is 11.3. The van der Waals surface area contributed by atoms with Crippen molar-refractivity contribution in [2.75, 3.05) is 64.9 Å². The summed E-state index contributed by atoms with van der Waals surface area (Å²) < 4.78 is 18.8. The van der Waals surface area contributed by atoms with Crippen LogP contribution in [0.3, 0.4) is 0 Å². The minimum absolute atomic E-state index is 0.0395. The Balaban J connectivity index is 1.30. The maximum atomic E-state index is 14.3. The summed E-state index contributed by atoms with van der Waals surface area (Å²) in [7, 11) is 4.24. The molecule has 0 amide bonds. The molecule has 1 unspecified atom stereocenters. The maximum Gasteiger partial charge on any atom is 0.219 e. The number of aromatic nitrogens is 2. The Morgan fingerprint density at radius 3 is 2.42 bits per heavy atom. The van der Waals surface area contributed by atoms with Gasteiger partial charge in [0.15, 0.2) is 11.6 Å². The lowest BCUT2D eigenvalue weighted by molar-refractivity contribution is -0.255. The van der Waals surface area contributed by atoms with Gasteiger partial charge in [0.2, 0.25) is 17.5 Å². The second-order valence-electron chi connectivity index (χ2n) is 12.6. The number of ether oxygens (including phenoxy) is 3. The molecule has 2 spiro atoms. The highest BCUT2D eigenvalue weighted by atomic mass is 16.7. The van der Waals surface area contributed by atoms with Crippen LogP contribution in [-0.4, -0.2) is 109 Å². The highest BCUT2D eigenvalue weighted by Gasteiger charge is 2.63. The Bertz CT molecular complexity index is 1100. The van der Waals surface area contributed by atoms with E-state index in [1.165, 1.54) is 0 Å². The molecule has 1 aromatic heterocycles. The fraction of sp³-hybridized carbons (Fsp3) is 0.800. The van der Waals surface area contributed by atoms with E-state index in [-0.39, 0.29) is 23.5 Å². The molecule has 1 aromatic rings. The van der Waals surface area contributed by atoms with E-state index in [0.717, 1.165) is 64.8 Å². The topological polar surface area (TPSA) is 97.3 Å². The molecule has 3 saturated heterocycles. The van der Waals surface area contributed by atoms with Crippen LogP contribution in [0.25, 0.3) is 0 Å². The number of hydrogen-bond acceptors (Lipinski definition) is 10. The number of rotatable bonds is 6. The zero-order valence-corrected chi connectivity index (χ0v) is 24.4. The lowest BCUT2D eigenvalue weighted by atomic mass is 9.57. The van der Waals surface area contributed by atoms with E-state index >= 15 is 0 Å². The number of nitrogens with zero attached hydrogens (tertiary/aromatic N) is 5. The van der Waals surface area contributed by atoms with Crippen LogP contribution in [0.2, 0.25) is 0 Å². The van der Waals surface area contributed by atoms with Crippen LogP contribution in [0.4, 0.5) is 5.82 Å². The molecular formula is C30H45N5O5. The van der Waals surface area contributed by atoms with Crippen molar-refractivity contribution < 1.29 is 23.8 Å². The Hall–Kier alpha value is -2.14. The van der Waals surface area contributed by atoms with Crippen LogP contribution in [-0.2, 0) is 14.3 Å². The largest absolute Gasteiger partial charge is 0.473 e. The Morgan fingerprint density at radius 2 is 1.70 bits per heavy atom. The summed E-state index contributed by atoms with van der Waals surface area (Å²) in [4.78, 5) is 44.7. The minimum Gasteiger partial charge on any atom is -0.473 e. The number of anilines is 1. The highest BCUT2D eigenvalue weighted by molar-refractivity contribution is 6.11. The van der Waals surface area contributed by atoms with Crippen molar-refractivity contribution in [2.45, 2.75) is 82.6 Å². The van der Waals surface area contributed by atoms with Crippen LogP contribution >= 0.6 is 0 Å². The number of ketones is 2. The van der Waals surface area contributed by atoms with E-state index in [4.69, 9.17) is 19.2 Å². The van der Waals surface area contributed by atoms with Crippen molar-refractivity contribution >= 4 is 17.4 Å². The van der Waals surface area contributed by atoms with Gasteiger partial charge >= 0.3 is 0 Å². The number of fused-ring (bicyclic) bond motifs is 1. The van der Waals surface area contributed by atoms with Gasteiger partial charge in [0, 0.05) is 44.7 Å². The molecule has 0 bridgehead atoms. The monoisotopic (exact) mass is 555 g/mol. The average molecular weight is 556 g/mol. The summed E-state index contributed by atoms with van der Waals surface area (Å²) in [6, 6.07) is 2.17. The van der Waals surface area contributed by atoms with Gasteiger partial charge in [-0.2, -0.15) is 4.98 Å². The third-order valence-electron chi connectivity index (χ3n) is 10.2. The van der Waals surface area contributed by atoms with E-state index < -0.39 is 17.1 Å². The van der Waals surface area contributed by atoms with Crippen molar-refractivity contribution in [3.05, 3.63) is 11.9 Å². The van der Waals surface area contributed by atoms with Crippen LogP contribution < -0.4 is 9.64 Å². The first-order valence-electron chi connectivity index (χ1n) is 15.4. The molecule has 5 fully saturated rings. The molecule has 5 aliphatic rings. The van der Waals surface area contributed by atoms with Gasteiger partial charge in [-0.25, -0.2) is 4.98 Å².